The summed E-state index contributed by atoms with van der Waals surface area (Å²) in [5.74, 6) is 5.55. The molecule has 0 saturated carbocycles. The lowest BCUT2D eigenvalue weighted by Gasteiger charge is -2.22. The van der Waals surface area contributed by atoms with E-state index in [0.717, 1.165) is 0 Å². The second kappa shape index (κ2) is 2.99. The van der Waals surface area contributed by atoms with Crippen LogP contribution in [0.15, 0.2) is 12.2 Å². The molecular weight excluding hydrogens is 112 g/mol. The zero-order valence-electron chi connectivity index (χ0n) is 5.88. The van der Waals surface area contributed by atoms with Gasteiger partial charge in [0.15, 0.2) is 0 Å². The lowest BCUT2D eigenvalue weighted by molar-refractivity contribution is 0.270. The van der Waals surface area contributed by atoms with Gasteiger partial charge in [-0.15, -0.1) is 0 Å². The van der Waals surface area contributed by atoms with Crippen LogP contribution in [0.4, 0.5) is 0 Å². The molecule has 0 aromatic rings. The number of rotatable bonds is 1. The molecule has 1 unspecified atom stereocenters. The van der Waals surface area contributed by atoms with E-state index in [9.17, 15) is 0 Å². The van der Waals surface area contributed by atoms with Crippen molar-refractivity contribution in [2.24, 2.45) is 5.84 Å². The minimum atomic E-state index is 0.485. The van der Waals surface area contributed by atoms with E-state index in [0.29, 0.717) is 6.04 Å². The van der Waals surface area contributed by atoms with Crippen LogP contribution in [0.5, 0.6) is 0 Å². The quantitative estimate of drug-likeness (QED) is 0.321. The summed E-state index contributed by atoms with van der Waals surface area (Å²) in [6.45, 7) is 0. The molecule has 0 bridgehead atoms. The molecule has 0 saturated heterocycles. The second-order valence-corrected chi connectivity index (χ2v) is 2.59. The number of nitrogens with two attached hydrogens (primary N) is 1. The maximum atomic E-state index is 5.55. The van der Waals surface area contributed by atoms with Crippen molar-refractivity contribution in [2.45, 2.75) is 25.3 Å². The predicted octanol–water partition coefficient (Wildman–Crippen LogP) is 0.901. The summed E-state index contributed by atoms with van der Waals surface area (Å²) in [6, 6.07) is 0.485. The van der Waals surface area contributed by atoms with E-state index in [1.54, 1.807) is 5.01 Å². The Morgan fingerprint density at radius 3 is 2.78 bits per heavy atom. The normalized spacial score (nSPS) is 27.2. The van der Waals surface area contributed by atoms with Gasteiger partial charge in [-0.25, -0.2) is 5.01 Å². The second-order valence-electron chi connectivity index (χ2n) is 2.59. The molecule has 1 rings (SSSR count). The van der Waals surface area contributed by atoms with Crippen molar-refractivity contribution in [1.29, 1.82) is 0 Å². The van der Waals surface area contributed by atoms with Crippen LogP contribution < -0.4 is 5.84 Å². The Morgan fingerprint density at radius 2 is 2.44 bits per heavy atom. The van der Waals surface area contributed by atoms with E-state index in [4.69, 9.17) is 5.84 Å². The highest BCUT2D eigenvalue weighted by atomic mass is 15.4. The Labute approximate surface area is 56.3 Å². The van der Waals surface area contributed by atoms with Crippen molar-refractivity contribution < 1.29 is 0 Å². The highest BCUT2D eigenvalue weighted by Gasteiger charge is 2.09. The van der Waals surface area contributed by atoms with Crippen molar-refractivity contribution in [2.75, 3.05) is 7.05 Å². The fourth-order valence-electron chi connectivity index (χ4n) is 1.13. The number of likely N-dealkylation sites (N-methyl/N-ethyl adjacent to an activating group) is 1. The number of hydrazine groups is 1. The highest BCUT2D eigenvalue weighted by Crippen LogP contribution is 2.12. The van der Waals surface area contributed by atoms with Gasteiger partial charge in [0.2, 0.25) is 0 Å². The number of hydrogen-bond donors (Lipinski definition) is 1. The van der Waals surface area contributed by atoms with Crippen LogP contribution in [-0.4, -0.2) is 18.1 Å². The molecule has 2 N–H and O–H groups in total. The minimum absolute atomic E-state index is 0.485. The highest BCUT2D eigenvalue weighted by molar-refractivity contribution is 4.96. The number of allylic oxidation sites excluding steroid dienone is 1. The Kier molecular flexibility index (Phi) is 2.25. The van der Waals surface area contributed by atoms with Gasteiger partial charge in [-0.2, -0.15) is 0 Å². The van der Waals surface area contributed by atoms with Gasteiger partial charge in [-0.3, -0.25) is 5.84 Å². The summed E-state index contributed by atoms with van der Waals surface area (Å²) in [6.07, 6.45) is 8.11. The Bertz CT molecular complexity index is 107. The molecule has 0 spiro atoms. The van der Waals surface area contributed by atoms with E-state index >= 15 is 0 Å². The monoisotopic (exact) mass is 126 g/mol. The summed E-state index contributed by atoms with van der Waals surface area (Å²) in [4.78, 5) is 0. The standard InChI is InChI=1S/C7H14N2/c1-9(8)7-5-3-2-4-6-7/h3,5,7H,2,4,6,8H2,1H3. The van der Waals surface area contributed by atoms with Crippen molar-refractivity contribution in [3.05, 3.63) is 12.2 Å². The smallest absolute Gasteiger partial charge is 0.0418 e. The van der Waals surface area contributed by atoms with Gasteiger partial charge in [0, 0.05) is 13.1 Å². The summed E-state index contributed by atoms with van der Waals surface area (Å²) in [5, 5.41) is 1.77. The molecule has 1 aliphatic rings. The summed E-state index contributed by atoms with van der Waals surface area (Å²) >= 11 is 0. The third-order valence-corrected chi connectivity index (χ3v) is 1.75. The average molecular weight is 126 g/mol. The molecule has 52 valence electrons. The maximum absolute atomic E-state index is 5.55. The molecule has 9 heavy (non-hydrogen) atoms. The first-order valence-electron chi connectivity index (χ1n) is 3.45. The third kappa shape index (κ3) is 1.80. The van der Waals surface area contributed by atoms with Gasteiger partial charge in [0.1, 0.15) is 0 Å². The summed E-state index contributed by atoms with van der Waals surface area (Å²) in [5.41, 5.74) is 0. The van der Waals surface area contributed by atoms with Crippen LogP contribution in [-0.2, 0) is 0 Å². The Balaban J connectivity index is 2.40. The molecule has 1 aliphatic carbocycles. The molecule has 2 nitrogen and oxygen atoms in total. The van der Waals surface area contributed by atoms with Gasteiger partial charge in [-0.05, 0) is 19.3 Å². The van der Waals surface area contributed by atoms with Crippen molar-refractivity contribution >= 4 is 0 Å². The minimum Gasteiger partial charge on any atom is -0.268 e. The zero-order chi connectivity index (χ0) is 6.69. The molecule has 0 aromatic heterocycles. The lowest BCUT2D eigenvalue weighted by atomic mass is 10.0. The molecule has 0 amide bonds. The van der Waals surface area contributed by atoms with Gasteiger partial charge < -0.3 is 0 Å². The Hall–Kier alpha value is -0.340. The topological polar surface area (TPSA) is 29.3 Å². The fourth-order valence-corrected chi connectivity index (χ4v) is 1.13. The number of hydrogen-bond acceptors (Lipinski definition) is 2. The molecule has 0 aliphatic heterocycles. The van der Waals surface area contributed by atoms with Crippen molar-refractivity contribution in [3.63, 3.8) is 0 Å². The van der Waals surface area contributed by atoms with Gasteiger partial charge in [0.05, 0.1) is 0 Å². The molecule has 1 atom stereocenters. The van der Waals surface area contributed by atoms with E-state index < -0.39 is 0 Å². The Morgan fingerprint density at radius 1 is 1.67 bits per heavy atom. The SMILES string of the molecule is CN(N)C1C=CCCC1. The van der Waals surface area contributed by atoms with Crippen molar-refractivity contribution in [3.8, 4) is 0 Å². The van der Waals surface area contributed by atoms with Gasteiger partial charge in [0.25, 0.3) is 0 Å². The lowest BCUT2D eigenvalue weighted by Crippen LogP contribution is -2.36. The molecule has 0 heterocycles. The van der Waals surface area contributed by atoms with Crippen molar-refractivity contribution in [1.82, 2.24) is 5.01 Å². The van der Waals surface area contributed by atoms with E-state index in [1.807, 2.05) is 7.05 Å². The predicted molar refractivity (Wildman–Crippen MR) is 38.7 cm³/mol. The van der Waals surface area contributed by atoms with Crippen LogP contribution in [0, 0.1) is 0 Å². The summed E-state index contributed by atoms with van der Waals surface area (Å²) < 4.78 is 0. The third-order valence-electron chi connectivity index (χ3n) is 1.75. The van der Waals surface area contributed by atoms with Crippen LogP contribution in [0.3, 0.4) is 0 Å². The van der Waals surface area contributed by atoms with E-state index in [-0.39, 0.29) is 0 Å². The first kappa shape index (κ1) is 6.78. The van der Waals surface area contributed by atoms with E-state index in [1.165, 1.54) is 19.3 Å². The largest absolute Gasteiger partial charge is 0.268 e. The average Bonchev–Trinajstić information content (AvgIpc) is 1.90. The first-order chi connectivity index (χ1) is 4.30. The molecule has 0 fully saturated rings. The number of nitrogens with zero attached hydrogens (tertiary/aromatic N) is 1. The molecule has 0 radical (unpaired) electrons. The zero-order valence-corrected chi connectivity index (χ0v) is 5.88. The van der Waals surface area contributed by atoms with Crippen LogP contribution in [0.2, 0.25) is 0 Å². The molecular formula is C7H14N2. The van der Waals surface area contributed by atoms with Crippen LogP contribution in [0.25, 0.3) is 0 Å². The van der Waals surface area contributed by atoms with Crippen LogP contribution in [0.1, 0.15) is 19.3 Å². The summed E-state index contributed by atoms with van der Waals surface area (Å²) in [7, 11) is 1.92. The molecule has 0 aromatic carbocycles. The van der Waals surface area contributed by atoms with Gasteiger partial charge >= 0.3 is 0 Å². The van der Waals surface area contributed by atoms with E-state index in [2.05, 4.69) is 12.2 Å². The molecule has 2 heteroatoms. The van der Waals surface area contributed by atoms with Gasteiger partial charge in [-0.1, -0.05) is 12.2 Å². The van der Waals surface area contributed by atoms with Crippen LogP contribution >= 0.6 is 0 Å². The fraction of sp³-hybridized carbons (Fsp3) is 0.714. The maximum Gasteiger partial charge on any atom is 0.0418 e. The first-order valence-corrected chi connectivity index (χ1v) is 3.45.